The van der Waals surface area contributed by atoms with E-state index in [4.69, 9.17) is 9.47 Å². The van der Waals surface area contributed by atoms with E-state index in [1.165, 1.54) is 13.0 Å². The number of nitrogens with one attached hydrogen (secondary N) is 2. The molecule has 0 saturated carbocycles. The molecule has 0 aliphatic rings. The highest BCUT2D eigenvalue weighted by atomic mass is 16.5. The Bertz CT molecular complexity index is 1090. The Labute approximate surface area is 186 Å². The number of amides is 2. The van der Waals surface area contributed by atoms with Gasteiger partial charge in [0.05, 0.1) is 13.5 Å². The fraction of sp³-hybridized carbons (Fsp3) is 0.160. The molecule has 3 aromatic carbocycles. The number of carbonyl (C=O) groups excluding carboxylic acids is 3. The van der Waals surface area contributed by atoms with Crippen molar-refractivity contribution < 1.29 is 23.9 Å². The van der Waals surface area contributed by atoms with Crippen molar-refractivity contribution in [1.82, 2.24) is 5.32 Å². The lowest BCUT2D eigenvalue weighted by molar-refractivity contribution is -0.131. The van der Waals surface area contributed by atoms with Gasteiger partial charge in [-0.05, 0) is 53.6 Å². The average molecular weight is 432 g/mol. The summed E-state index contributed by atoms with van der Waals surface area (Å²) in [5.74, 6) is 0.207. The maximum Gasteiger partial charge on any atom is 0.308 e. The van der Waals surface area contributed by atoms with Gasteiger partial charge in [-0.15, -0.1) is 0 Å². The highest BCUT2D eigenvalue weighted by Crippen LogP contribution is 2.16. The van der Waals surface area contributed by atoms with Crippen molar-refractivity contribution in [2.75, 3.05) is 12.4 Å². The predicted octanol–water partition coefficient (Wildman–Crippen LogP) is 3.73. The molecule has 0 aliphatic carbocycles. The van der Waals surface area contributed by atoms with Gasteiger partial charge in [-0.1, -0.05) is 30.3 Å². The van der Waals surface area contributed by atoms with Crippen molar-refractivity contribution >= 4 is 23.5 Å². The second kappa shape index (κ2) is 10.8. The van der Waals surface area contributed by atoms with Crippen LogP contribution in [-0.4, -0.2) is 24.9 Å². The van der Waals surface area contributed by atoms with Gasteiger partial charge in [0.25, 0.3) is 5.91 Å². The first-order valence-electron chi connectivity index (χ1n) is 10.0. The molecule has 0 aliphatic heterocycles. The second-order valence-corrected chi connectivity index (χ2v) is 7.07. The molecule has 0 atom stereocenters. The summed E-state index contributed by atoms with van der Waals surface area (Å²) in [6.45, 7) is 1.68. The molecule has 32 heavy (non-hydrogen) atoms. The zero-order chi connectivity index (χ0) is 22.9. The highest BCUT2D eigenvalue weighted by molar-refractivity contribution is 6.04. The first kappa shape index (κ1) is 22.6. The van der Waals surface area contributed by atoms with Gasteiger partial charge in [-0.3, -0.25) is 14.4 Å². The second-order valence-electron chi connectivity index (χ2n) is 7.07. The quantitative estimate of drug-likeness (QED) is 0.418. The van der Waals surface area contributed by atoms with Crippen molar-refractivity contribution in [3.05, 3.63) is 89.5 Å². The summed E-state index contributed by atoms with van der Waals surface area (Å²) in [5.41, 5.74) is 2.79. The number of methoxy groups -OCH3 is 1. The molecule has 7 nitrogen and oxygen atoms in total. The molecule has 3 aromatic rings. The monoisotopic (exact) mass is 432 g/mol. The summed E-state index contributed by atoms with van der Waals surface area (Å²) >= 11 is 0. The summed E-state index contributed by atoms with van der Waals surface area (Å²) < 4.78 is 10.1. The van der Waals surface area contributed by atoms with Gasteiger partial charge in [0.15, 0.2) is 0 Å². The minimum atomic E-state index is -0.450. The maximum atomic E-state index is 12.4. The van der Waals surface area contributed by atoms with Crippen molar-refractivity contribution in [2.45, 2.75) is 19.9 Å². The number of esters is 1. The fourth-order valence-electron chi connectivity index (χ4n) is 2.97. The molecule has 0 fully saturated rings. The number of ether oxygens (including phenoxy) is 2. The highest BCUT2D eigenvalue weighted by Gasteiger charge is 2.09. The van der Waals surface area contributed by atoms with Crippen molar-refractivity contribution in [2.24, 2.45) is 0 Å². The van der Waals surface area contributed by atoms with Crippen LogP contribution in [-0.2, 0) is 22.6 Å². The number of carbonyl (C=O) groups is 3. The minimum Gasteiger partial charge on any atom is -0.497 e. The molecule has 7 heteroatoms. The van der Waals surface area contributed by atoms with Crippen LogP contribution in [0.15, 0.2) is 72.8 Å². The van der Waals surface area contributed by atoms with Gasteiger partial charge in [-0.25, -0.2) is 0 Å². The van der Waals surface area contributed by atoms with Gasteiger partial charge in [0.1, 0.15) is 11.5 Å². The normalized spacial score (nSPS) is 10.2. The SMILES string of the molecule is COc1ccc(CC(=O)NCc2ccc(NC(=O)c3cccc(OC(C)=O)c3)cc2)cc1. The number of anilines is 1. The van der Waals surface area contributed by atoms with E-state index < -0.39 is 5.97 Å². The van der Waals surface area contributed by atoms with Crippen molar-refractivity contribution in [3.8, 4) is 11.5 Å². The van der Waals surface area contributed by atoms with E-state index in [0.29, 0.717) is 23.5 Å². The van der Waals surface area contributed by atoms with Gasteiger partial charge < -0.3 is 20.1 Å². The Morgan fingerprint density at radius 1 is 0.844 bits per heavy atom. The van der Waals surface area contributed by atoms with Crippen molar-refractivity contribution in [3.63, 3.8) is 0 Å². The van der Waals surface area contributed by atoms with Crippen LogP contribution in [0.5, 0.6) is 11.5 Å². The molecule has 164 valence electrons. The summed E-state index contributed by atoms with van der Waals surface area (Å²) in [4.78, 5) is 35.7. The summed E-state index contributed by atoms with van der Waals surface area (Å²) in [6, 6.07) is 20.9. The van der Waals surface area contributed by atoms with Gasteiger partial charge in [-0.2, -0.15) is 0 Å². The largest absolute Gasteiger partial charge is 0.497 e. The Kier molecular flexibility index (Phi) is 7.59. The van der Waals surface area contributed by atoms with Crippen molar-refractivity contribution in [1.29, 1.82) is 0 Å². The molecule has 0 unspecified atom stereocenters. The summed E-state index contributed by atoms with van der Waals surface area (Å²) in [6.07, 6.45) is 0.282. The molecule has 0 saturated heterocycles. The predicted molar refractivity (Wildman–Crippen MR) is 121 cm³/mol. The first-order chi connectivity index (χ1) is 15.4. The van der Waals surface area contributed by atoms with Crippen LogP contribution < -0.4 is 20.1 Å². The van der Waals surface area contributed by atoms with E-state index in [-0.39, 0.29) is 18.2 Å². The maximum absolute atomic E-state index is 12.4. The van der Waals surface area contributed by atoms with Crippen LogP contribution in [0.25, 0.3) is 0 Å². The Balaban J connectivity index is 1.50. The molecule has 0 heterocycles. The lowest BCUT2D eigenvalue weighted by atomic mass is 10.1. The zero-order valence-electron chi connectivity index (χ0n) is 17.9. The van der Waals surface area contributed by atoms with Crippen LogP contribution in [0.1, 0.15) is 28.4 Å². The van der Waals surface area contributed by atoms with Gasteiger partial charge in [0, 0.05) is 24.7 Å². The van der Waals surface area contributed by atoms with E-state index in [0.717, 1.165) is 16.9 Å². The van der Waals surface area contributed by atoms with Gasteiger partial charge >= 0.3 is 5.97 Å². The third-order valence-electron chi connectivity index (χ3n) is 4.58. The van der Waals surface area contributed by atoms with Gasteiger partial charge in [0.2, 0.25) is 5.91 Å². The van der Waals surface area contributed by atoms with E-state index >= 15 is 0 Å². The van der Waals surface area contributed by atoms with Crippen LogP contribution in [0.4, 0.5) is 5.69 Å². The third kappa shape index (κ3) is 6.70. The fourth-order valence-corrected chi connectivity index (χ4v) is 2.97. The number of hydrogen-bond donors (Lipinski definition) is 2. The van der Waals surface area contributed by atoms with E-state index in [9.17, 15) is 14.4 Å². The third-order valence-corrected chi connectivity index (χ3v) is 4.58. The Morgan fingerprint density at radius 3 is 2.19 bits per heavy atom. The number of benzene rings is 3. The molecule has 0 bridgehead atoms. The van der Waals surface area contributed by atoms with Crippen LogP contribution in [0.2, 0.25) is 0 Å². The lowest BCUT2D eigenvalue weighted by Gasteiger charge is -2.09. The summed E-state index contributed by atoms with van der Waals surface area (Å²) in [7, 11) is 1.60. The Morgan fingerprint density at radius 2 is 1.53 bits per heavy atom. The molecular formula is C25H24N2O5. The summed E-state index contributed by atoms with van der Waals surface area (Å²) in [5, 5.41) is 5.68. The Hall–Kier alpha value is -4.13. The number of hydrogen-bond acceptors (Lipinski definition) is 5. The zero-order valence-corrected chi connectivity index (χ0v) is 17.9. The molecule has 2 amide bonds. The molecule has 0 spiro atoms. The molecular weight excluding hydrogens is 408 g/mol. The van der Waals surface area contributed by atoms with E-state index in [1.54, 1.807) is 37.4 Å². The number of rotatable bonds is 8. The average Bonchev–Trinajstić information content (AvgIpc) is 2.79. The van der Waals surface area contributed by atoms with Crippen LogP contribution in [0, 0.1) is 0 Å². The molecule has 0 aromatic heterocycles. The smallest absolute Gasteiger partial charge is 0.308 e. The van der Waals surface area contributed by atoms with Crippen LogP contribution in [0.3, 0.4) is 0 Å². The van der Waals surface area contributed by atoms with Crippen LogP contribution >= 0.6 is 0 Å². The molecule has 2 N–H and O–H groups in total. The molecule has 3 rings (SSSR count). The lowest BCUT2D eigenvalue weighted by Crippen LogP contribution is -2.24. The standard InChI is InChI=1S/C25H24N2O5/c1-17(28)32-23-5-3-4-20(15-23)25(30)27-21-10-6-19(7-11-21)16-26-24(29)14-18-8-12-22(31-2)13-9-18/h3-13,15H,14,16H2,1-2H3,(H,26,29)(H,27,30). The topological polar surface area (TPSA) is 93.7 Å². The molecule has 0 radical (unpaired) electrons. The van der Waals surface area contributed by atoms with E-state index in [1.807, 2.05) is 36.4 Å². The minimum absolute atomic E-state index is 0.0831. The van der Waals surface area contributed by atoms with E-state index in [2.05, 4.69) is 10.6 Å². The first-order valence-corrected chi connectivity index (χ1v) is 10.0.